The third-order valence-electron chi connectivity index (χ3n) is 3.26. The second kappa shape index (κ2) is 6.80. The Morgan fingerprint density at radius 2 is 1.81 bits per heavy atom. The highest BCUT2D eigenvalue weighted by Gasteiger charge is 2.15. The number of ether oxygens (including phenoxy) is 1. The van der Waals surface area contributed by atoms with Gasteiger partial charge < -0.3 is 4.74 Å². The summed E-state index contributed by atoms with van der Waals surface area (Å²) >= 11 is 0. The maximum absolute atomic E-state index is 13.6. The zero-order chi connectivity index (χ0) is 15.4. The summed E-state index contributed by atoms with van der Waals surface area (Å²) in [6.07, 6.45) is 0. The summed E-state index contributed by atoms with van der Waals surface area (Å²) in [5, 5.41) is -0.254. The predicted octanol–water partition coefficient (Wildman–Crippen LogP) is 3.98. The molecule has 0 aromatic heterocycles. The van der Waals surface area contributed by atoms with Gasteiger partial charge in [-0.05, 0) is 42.3 Å². The Morgan fingerprint density at radius 3 is 2.38 bits per heavy atom. The summed E-state index contributed by atoms with van der Waals surface area (Å²) in [6.45, 7) is 1.81. The smallest absolute Gasteiger partial charge is 0.165 e. The van der Waals surface area contributed by atoms with Gasteiger partial charge in [-0.2, -0.15) is 0 Å². The highest BCUT2D eigenvalue weighted by atomic mass is 32.2. The molecule has 0 amide bonds. The second-order valence-corrected chi connectivity index (χ2v) is 6.45. The van der Waals surface area contributed by atoms with Crippen LogP contribution >= 0.6 is 0 Å². The molecule has 112 valence electrons. The maximum atomic E-state index is 13.6. The molecule has 5 heteroatoms. The van der Waals surface area contributed by atoms with Gasteiger partial charge in [0.05, 0.1) is 12.4 Å². The van der Waals surface area contributed by atoms with Crippen LogP contribution in [0.1, 0.15) is 23.3 Å². The minimum Gasteiger partial charge on any atom is -0.494 e. The standard InChI is InChI=1S/C16H16F2O2S/c1-11(13-4-6-14(17)7-5-13)21(19)10-12-3-8-16(20-2)15(18)9-12/h3-9,11H,10H2,1-2H3. The summed E-state index contributed by atoms with van der Waals surface area (Å²) in [5.41, 5.74) is 1.43. The van der Waals surface area contributed by atoms with Gasteiger partial charge in [0, 0.05) is 16.6 Å². The average Bonchev–Trinajstić information content (AvgIpc) is 2.47. The summed E-state index contributed by atoms with van der Waals surface area (Å²) < 4.78 is 43.7. The molecule has 0 bridgehead atoms. The molecule has 0 heterocycles. The molecule has 2 aromatic rings. The van der Waals surface area contributed by atoms with E-state index >= 15 is 0 Å². The van der Waals surface area contributed by atoms with Crippen LogP contribution in [0.3, 0.4) is 0 Å². The Morgan fingerprint density at radius 1 is 1.14 bits per heavy atom. The molecule has 21 heavy (non-hydrogen) atoms. The van der Waals surface area contributed by atoms with Crippen LogP contribution < -0.4 is 4.74 Å². The lowest BCUT2D eigenvalue weighted by atomic mass is 10.2. The first kappa shape index (κ1) is 15.6. The predicted molar refractivity (Wildman–Crippen MR) is 79.6 cm³/mol. The van der Waals surface area contributed by atoms with Gasteiger partial charge in [0.1, 0.15) is 5.82 Å². The van der Waals surface area contributed by atoms with E-state index in [0.717, 1.165) is 5.56 Å². The van der Waals surface area contributed by atoms with Crippen LogP contribution in [0.4, 0.5) is 8.78 Å². The van der Waals surface area contributed by atoms with Crippen molar-refractivity contribution in [3.8, 4) is 5.75 Å². The SMILES string of the molecule is COc1ccc(CS(=O)C(C)c2ccc(F)cc2)cc1F. The van der Waals surface area contributed by atoms with Gasteiger partial charge in [-0.3, -0.25) is 4.21 Å². The van der Waals surface area contributed by atoms with Crippen molar-refractivity contribution in [1.82, 2.24) is 0 Å². The molecule has 2 unspecified atom stereocenters. The fourth-order valence-electron chi connectivity index (χ4n) is 1.97. The quantitative estimate of drug-likeness (QED) is 0.835. The minimum absolute atomic E-state index is 0.163. The molecule has 2 nitrogen and oxygen atoms in total. The molecule has 2 atom stereocenters. The topological polar surface area (TPSA) is 26.3 Å². The molecular weight excluding hydrogens is 294 g/mol. The normalized spacial score (nSPS) is 13.7. The van der Waals surface area contributed by atoms with Crippen LogP contribution in [0, 0.1) is 11.6 Å². The fourth-order valence-corrected chi connectivity index (χ4v) is 3.19. The van der Waals surface area contributed by atoms with Crippen molar-refractivity contribution < 1.29 is 17.7 Å². The van der Waals surface area contributed by atoms with Crippen LogP contribution in [-0.4, -0.2) is 11.3 Å². The van der Waals surface area contributed by atoms with E-state index in [-0.39, 0.29) is 22.6 Å². The zero-order valence-electron chi connectivity index (χ0n) is 11.8. The van der Waals surface area contributed by atoms with Crippen LogP contribution in [-0.2, 0) is 16.6 Å². The minimum atomic E-state index is -1.22. The monoisotopic (exact) mass is 310 g/mol. The molecule has 2 rings (SSSR count). The maximum Gasteiger partial charge on any atom is 0.165 e. The molecular formula is C16H16F2O2S. The molecule has 0 saturated carbocycles. The molecule has 0 aliphatic carbocycles. The summed E-state index contributed by atoms with van der Waals surface area (Å²) in [7, 11) is 0.176. The van der Waals surface area contributed by atoms with Crippen molar-refractivity contribution in [2.24, 2.45) is 0 Å². The van der Waals surface area contributed by atoms with Crippen LogP contribution in [0.2, 0.25) is 0 Å². The molecule has 2 aromatic carbocycles. The van der Waals surface area contributed by atoms with Gasteiger partial charge in [0.25, 0.3) is 0 Å². The van der Waals surface area contributed by atoms with Crippen molar-refractivity contribution >= 4 is 10.8 Å². The summed E-state index contributed by atoms with van der Waals surface area (Å²) in [6, 6.07) is 10.5. The van der Waals surface area contributed by atoms with E-state index in [1.165, 1.54) is 31.4 Å². The van der Waals surface area contributed by atoms with E-state index in [2.05, 4.69) is 0 Å². The number of rotatable bonds is 5. The Bertz CT molecular complexity index is 641. The molecule has 0 saturated heterocycles. The number of halogens is 2. The van der Waals surface area contributed by atoms with Crippen molar-refractivity contribution in [3.05, 3.63) is 65.2 Å². The lowest BCUT2D eigenvalue weighted by Crippen LogP contribution is -2.06. The second-order valence-electron chi connectivity index (χ2n) is 4.69. The van der Waals surface area contributed by atoms with Crippen molar-refractivity contribution in [2.75, 3.05) is 7.11 Å². The van der Waals surface area contributed by atoms with E-state index in [1.54, 1.807) is 18.2 Å². The van der Waals surface area contributed by atoms with E-state index in [1.807, 2.05) is 6.92 Å². The molecule has 0 aliphatic rings. The molecule has 0 fully saturated rings. The van der Waals surface area contributed by atoms with Crippen molar-refractivity contribution in [3.63, 3.8) is 0 Å². The number of hydrogen-bond donors (Lipinski definition) is 0. The van der Waals surface area contributed by atoms with Crippen molar-refractivity contribution in [1.29, 1.82) is 0 Å². The lowest BCUT2D eigenvalue weighted by molar-refractivity contribution is 0.386. The van der Waals surface area contributed by atoms with E-state index in [9.17, 15) is 13.0 Å². The molecule has 0 radical (unpaired) electrons. The first-order chi connectivity index (χ1) is 10.0. The zero-order valence-corrected chi connectivity index (χ0v) is 12.6. The van der Waals surface area contributed by atoms with Crippen LogP contribution in [0.15, 0.2) is 42.5 Å². The lowest BCUT2D eigenvalue weighted by Gasteiger charge is -2.12. The van der Waals surface area contributed by atoms with Crippen LogP contribution in [0.5, 0.6) is 5.75 Å². The molecule has 0 N–H and O–H groups in total. The van der Waals surface area contributed by atoms with Gasteiger partial charge in [-0.15, -0.1) is 0 Å². The Balaban J connectivity index is 2.10. The Labute approximate surface area is 125 Å². The average molecular weight is 310 g/mol. The first-order valence-corrected chi connectivity index (χ1v) is 7.84. The number of benzene rings is 2. The van der Waals surface area contributed by atoms with Gasteiger partial charge in [0.2, 0.25) is 0 Å². The number of hydrogen-bond acceptors (Lipinski definition) is 2. The summed E-state index contributed by atoms with van der Waals surface area (Å²) in [4.78, 5) is 0. The van der Waals surface area contributed by atoms with E-state index in [4.69, 9.17) is 4.74 Å². The Kier molecular flexibility index (Phi) is 5.07. The van der Waals surface area contributed by atoms with Gasteiger partial charge in [-0.1, -0.05) is 18.2 Å². The van der Waals surface area contributed by atoms with E-state index in [0.29, 0.717) is 5.56 Å². The summed E-state index contributed by atoms with van der Waals surface area (Å²) in [5.74, 6) is -0.397. The largest absolute Gasteiger partial charge is 0.494 e. The highest BCUT2D eigenvalue weighted by Crippen LogP contribution is 2.24. The molecule has 0 spiro atoms. The fraction of sp³-hybridized carbons (Fsp3) is 0.250. The Hall–Kier alpha value is -1.75. The van der Waals surface area contributed by atoms with Crippen LogP contribution in [0.25, 0.3) is 0 Å². The van der Waals surface area contributed by atoms with E-state index < -0.39 is 16.6 Å². The third kappa shape index (κ3) is 3.88. The van der Waals surface area contributed by atoms with Gasteiger partial charge >= 0.3 is 0 Å². The third-order valence-corrected chi connectivity index (χ3v) is 4.94. The highest BCUT2D eigenvalue weighted by molar-refractivity contribution is 7.84. The van der Waals surface area contributed by atoms with Crippen molar-refractivity contribution in [2.45, 2.75) is 17.9 Å². The van der Waals surface area contributed by atoms with Gasteiger partial charge in [-0.25, -0.2) is 8.78 Å². The molecule has 0 aliphatic heterocycles. The number of methoxy groups -OCH3 is 1. The van der Waals surface area contributed by atoms with Gasteiger partial charge in [0.15, 0.2) is 11.6 Å². The first-order valence-electron chi connectivity index (χ1n) is 6.46.